The number of nitrogens with two attached hydrogens (primary N) is 1. The van der Waals surface area contributed by atoms with Crippen molar-refractivity contribution in [1.82, 2.24) is 15.0 Å². The Morgan fingerprint density at radius 3 is 2.58 bits per heavy atom. The number of nitrogens with one attached hydrogen (secondary N) is 1. The van der Waals surface area contributed by atoms with Gasteiger partial charge >= 0.3 is 5.97 Å². The zero-order valence-electron chi connectivity index (χ0n) is 16.9. The van der Waals surface area contributed by atoms with E-state index < -0.39 is 5.97 Å². The van der Waals surface area contributed by atoms with E-state index >= 15 is 0 Å². The minimum atomic E-state index is -0.635. The van der Waals surface area contributed by atoms with Crippen LogP contribution in [0.5, 0.6) is 0 Å². The van der Waals surface area contributed by atoms with Gasteiger partial charge in [0, 0.05) is 12.3 Å². The van der Waals surface area contributed by atoms with Crippen LogP contribution >= 0.6 is 0 Å². The Bertz CT molecular complexity index is 1240. The van der Waals surface area contributed by atoms with Crippen LogP contribution < -0.4 is 11.1 Å². The minimum absolute atomic E-state index is 0.0725. The van der Waals surface area contributed by atoms with Gasteiger partial charge in [0.15, 0.2) is 5.82 Å². The summed E-state index contributed by atoms with van der Waals surface area (Å²) in [4.78, 5) is 25.3. The van der Waals surface area contributed by atoms with Crippen molar-refractivity contribution in [2.45, 2.75) is 6.54 Å². The summed E-state index contributed by atoms with van der Waals surface area (Å²) in [5.41, 5.74) is 9.39. The van der Waals surface area contributed by atoms with Crippen molar-refractivity contribution in [3.63, 3.8) is 0 Å². The summed E-state index contributed by atoms with van der Waals surface area (Å²) in [6, 6.07) is 21.7. The number of anilines is 1. The van der Waals surface area contributed by atoms with Crippen molar-refractivity contribution >= 4 is 28.8 Å². The highest BCUT2D eigenvalue weighted by Gasteiger charge is 2.14. The molecule has 0 saturated heterocycles. The Balaban J connectivity index is 1.85. The second-order valence-electron chi connectivity index (χ2n) is 6.76. The Kier molecular flexibility index (Phi) is 5.84. The molecule has 0 unspecified atom stereocenters. The van der Waals surface area contributed by atoms with E-state index in [2.05, 4.69) is 25.0 Å². The molecule has 0 radical (unpaired) electrons. The normalized spacial score (nSPS) is 11.3. The fraction of sp³-hybridized carbons (Fsp3) is 0.0833. The maximum absolute atomic E-state index is 11.7. The summed E-state index contributed by atoms with van der Waals surface area (Å²) in [5.74, 6) is 0.299. The van der Waals surface area contributed by atoms with E-state index in [1.165, 1.54) is 13.2 Å². The van der Waals surface area contributed by atoms with E-state index in [9.17, 15) is 4.79 Å². The summed E-state index contributed by atoms with van der Waals surface area (Å²) in [5, 5.41) is 4.24. The van der Waals surface area contributed by atoms with Gasteiger partial charge in [0.25, 0.3) is 0 Å². The van der Waals surface area contributed by atoms with Crippen molar-refractivity contribution in [2.24, 2.45) is 5.73 Å². The number of rotatable bonds is 6. The number of ether oxygens (including phenoxy) is 1. The van der Waals surface area contributed by atoms with Crippen LogP contribution in [0.2, 0.25) is 0 Å². The van der Waals surface area contributed by atoms with E-state index in [4.69, 9.17) is 5.73 Å². The molecule has 0 saturated carbocycles. The first-order valence-electron chi connectivity index (χ1n) is 9.71. The van der Waals surface area contributed by atoms with Gasteiger partial charge in [0.05, 0.1) is 30.3 Å². The Hall–Kier alpha value is -4.26. The number of hydrogen-bond acceptors (Lipinski definition) is 7. The predicted molar refractivity (Wildman–Crippen MR) is 121 cm³/mol. The molecule has 0 atom stereocenters. The summed E-state index contributed by atoms with van der Waals surface area (Å²) >= 11 is 0. The molecule has 7 nitrogen and oxygen atoms in total. The van der Waals surface area contributed by atoms with Gasteiger partial charge in [-0.15, -0.1) is 0 Å². The molecule has 154 valence electrons. The lowest BCUT2D eigenvalue weighted by Gasteiger charge is -2.13. The molecule has 2 aromatic heterocycles. The number of fused-ring (bicyclic) bond motifs is 1. The highest BCUT2D eigenvalue weighted by molar-refractivity contribution is 6.02. The lowest BCUT2D eigenvalue weighted by Crippen LogP contribution is -2.13. The highest BCUT2D eigenvalue weighted by atomic mass is 16.5. The van der Waals surface area contributed by atoms with E-state index in [1.54, 1.807) is 6.20 Å². The predicted octanol–water partition coefficient (Wildman–Crippen LogP) is 3.78. The second kappa shape index (κ2) is 9.04. The number of nitrogens with zero attached hydrogens (tertiary/aromatic N) is 3. The molecule has 0 amide bonds. The number of aromatic nitrogens is 3. The third kappa shape index (κ3) is 4.51. The number of carbonyl (C=O) groups is 1. The van der Waals surface area contributed by atoms with E-state index in [0.717, 1.165) is 27.7 Å². The van der Waals surface area contributed by atoms with E-state index in [-0.39, 0.29) is 5.70 Å². The van der Waals surface area contributed by atoms with Crippen LogP contribution in [0, 0.1) is 0 Å². The van der Waals surface area contributed by atoms with Gasteiger partial charge in [-0.3, -0.25) is 4.98 Å². The summed E-state index contributed by atoms with van der Waals surface area (Å²) in [6.07, 6.45) is 3.15. The fourth-order valence-corrected chi connectivity index (χ4v) is 3.24. The second-order valence-corrected chi connectivity index (χ2v) is 6.76. The van der Waals surface area contributed by atoms with Gasteiger partial charge in [0.1, 0.15) is 11.5 Å². The first-order chi connectivity index (χ1) is 15.2. The third-order valence-electron chi connectivity index (χ3n) is 4.69. The van der Waals surface area contributed by atoms with Gasteiger partial charge in [-0.1, -0.05) is 48.5 Å². The average Bonchev–Trinajstić information content (AvgIpc) is 2.82. The molecule has 4 aromatic rings. The molecule has 4 rings (SSSR count). The highest BCUT2D eigenvalue weighted by Crippen LogP contribution is 2.32. The zero-order valence-corrected chi connectivity index (χ0v) is 16.9. The standard InChI is InChI=1S/C24H21N5O2/c1-31-24(30)19(25)14-21-28-20-12-7-11-18(16-8-3-2-4-9-16)22(20)23(29-21)27-15-17-10-5-6-13-26-17/h2-14H,15,25H2,1H3,(H,27,28,29). The summed E-state index contributed by atoms with van der Waals surface area (Å²) in [6.45, 7) is 0.478. The van der Waals surface area contributed by atoms with Crippen molar-refractivity contribution in [3.05, 3.63) is 90.1 Å². The number of esters is 1. The molecule has 0 bridgehead atoms. The number of hydrogen-bond donors (Lipinski definition) is 2. The first-order valence-corrected chi connectivity index (χ1v) is 9.71. The van der Waals surface area contributed by atoms with Crippen LogP contribution in [0.1, 0.15) is 11.5 Å². The van der Waals surface area contributed by atoms with Crippen LogP contribution in [-0.2, 0) is 16.1 Å². The molecule has 31 heavy (non-hydrogen) atoms. The largest absolute Gasteiger partial charge is 0.464 e. The topological polar surface area (TPSA) is 103 Å². The molecule has 0 fully saturated rings. The van der Waals surface area contributed by atoms with Crippen molar-refractivity contribution in [1.29, 1.82) is 0 Å². The number of carbonyl (C=O) groups excluding carboxylic acids is 1. The molecular weight excluding hydrogens is 390 g/mol. The lowest BCUT2D eigenvalue weighted by molar-refractivity contribution is -0.136. The average molecular weight is 411 g/mol. The van der Waals surface area contributed by atoms with Crippen LogP contribution in [-0.4, -0.2) is 28.0 Å². The Morgan fingerprint density at radius 1 is 1.03 bits per heavy atom. The van der Waals surface area contributed by atoms with Crippen LogP contribution in [0.4, 0.5) is 5.82 Å². The molecule has 0 aliphatic heterocycles. The first kappa shape index (κ1) is 20.0. The van der Waals surface area contributed by atoms with Gasteiger partial charge in [-0.25, -0.2) is 14.8 Å². The number of benzene rings is 2. The van der Waals surface area contributed by atoms with Crippen LogP contribution in [0.3, 0.4) is 0 Å². The molecule has 2 aromatic carbocycles. The number of methoxy groups -OCH3 is 1. The SMILES string of the molecule is COC(=O)C(N)=Cc1nc(NCc2ccccn2)c2c(-c3ccccc3)cccc2n1. The maximum atomic E-state index is 11.7. The van der Waals surface area contributed by atoms with Crippen molar-refractivity contribution in [2.75, 3.05) is 12.4 Å². The number of pyridine rings is 1. The Labute approximate surface area is 179 Å². The Morgan fingerprint density at radius 2 is 1.84 bits per heavy atom. The van der Waals surface area contributed by atoms with E-state index in [0.29, 0.717) is 18.2 Å². The zero-order chi connectivity index (χ0) is 21.6. The van der Waals surface area contributed by atoms with Gasteiger partial charge < -0.3 is 15.8 Å². The molecule has 3 N–H and O–H groups in total. The van der Waals surface area contributed by atoms with E-state index in [1.807, 2.05) is 66.7 Å². The van der Waals surface area contributed by atoms with Gasteiger partial charge in [0.2, 0.25) is 0 Å². The quantitative estimate of drug-likeness (QED) is 0.368. The molecule has 0 spiro atoms. The maximum Gasteiger partial charge on any atom is 0.354 e. The van der Waals surface area contributed by atoms with Gasteiger partial charge in [-0.05, 0) is 29.3 Å². The van der Waals surface area contributed by atoms with Crippen LogP contribution in [0.25, 0.3) is 28.1 Å². The summed E-state index contributed by atoms with van der Waals surface area (Å²) in [7, 11) is 1.27. The molecule has 2 heterocycles. The summed E-state index contributed by atoms with van der Waals surface area (Å²) < 4.78 is 4.67. The minimum Gasteiger partial charge on any atom is -0.464 e. The van der Waals surface area contributed by atoms with Gasteiger partial charge in [-0.2, -0.15) is 0 Å². The monoisotopic (exact) mass is 411 g/mol. The smallest absolute Gasteiger partial charge is 0.354 e. The molecular formula is C24H21N5O2. The molecule has 0 aliphatic rings. The van der Waals surface area contributed by atoms with Crippen molar-refractivity contribution in [3.8, 4) is 11.1 Å². The molecule has 0 aliphatic carbocycles. The molecule has 7 heteroatoms. The lowest BCUT2D eigenvalue weighted by atomic mass is 10.0. The van der Waals surface area contributed by atoms with Crippen LogP contribution in [0.15, 0.2) is 78.6 Å². The third-order valence-corrected chi connectivity index (χ3v) is 4.69. The fourth-order valence-electron chi connectivity index (χ4n) is 3.24. The van der Waals surface area contributed by atoms with Crippen molar-refractivity contribution < 1.29 is 9.53 Å².